The number of anilines is 1. The fourth-order valence-corrected chi connectivity index (χ4v) is 2.85. The molecule has 0 saturated heterocycles. The molecule has 1 aromatic heterocycles. The van der Waals surface area contributed by atoms with E-state index in [-0.39, 0.29) is 6.54 Å². The second kappa shape index (κ2) is 8.92. The van der Waals surface area contributed by atoms with Crippen molar-refractivity contribution < 1.29 is 14.3 Å². The Hall–Kier alpha value is -3.81. The first-order chi connectivity index (χ1) is 14.0. The van der Waals surface area contributed by atoms with Gasteiger partial charge in [-0.15, -0.1) is 0 Å². The summed E-state index contributed by atoms with van der Waals surface area (Å²) in [5.74, 6) is 0.530. The first-order valence-corrected chi connectivity index (χ1v) is 9.02. The monoisotopic (exact) mass is 395 g/mol. The van der Waals surface area contributed by atoms with Crippen molar-refractivity contribution in [1.29, 1.82) is 0 Å². The number of rotatable bonds is 7. The Kier molecular flexibility index (Phi) is 6.13. The molecule has 0 aliphatic carbocycles. The number of carbonyl (C=O) groups is 1. The number of ether oxygens (including phenoxy) is 2. The summed E-state index contributed by atoms with van der Waals surface area (Å²) in [6, 6.07) is 13.8. The maximum Gasteiger partial charge on any atom is 0.321 e. The van der Waals surface area contributed by atoms with Crippen molar-refractivity contribution in [2.75, 3.05) is 19.0 Å². The maximum atomic E-state index is 12.6. The normalized spacial score (nSPS) is 10.4. The first kappa shape index (κ1) is 19.9. The van der Waals surface area contributed by atoms with Crippen LogP contribution in [0.2, 0.25) is 0 Å². The molecule has 1 N–H and O–H groups in total. The maximum absolute atomic E-state index is 12.6. The van der Waals surface area contributed by atoms with E-state index >= 15 is 0 Å². The summed E-state index contributed by atoms with van der Waals surface area (Å²) in [5, 5.41) is 2.68. The standard InChI is InChI=1S/C21H21N3O5/c1-3-29-18-11-7-5-9-16(18)24-13-12-23(20(26)21(24)27)14-19(25)22-15-8-4-6-10-17(15)28-2/h4-13H,3,14H2,1-2H3,(H,22,25). The number of benzene rings is 2. The molecule has 8 nitrogen and oxygen atoms in total. The highest BCUT2D eigenvalue weighted by Gasteiger charge is 2.13. The minimum atomic E-state index is -0.811. The number of para-hydroxylation sites is 4. The van der Waals surface area contributed by atoms with Gasteiger partial charge in [-0.2, -0.15) is 0 Å². The van der Waals surface area contributed by atoms with Gasteiger partial charge in [0.1, 0.15) is 18.0 Å². The van der Waals surface area contributed by atoms with Gasteiger partial charge in [0.25, 0.3) is 0 Å². The highest BCUT2D eigenvalue weighted by Crippen LogP contribution is 2.23. The zero-order valence-electron chi connectivity index (χ0n) is 16.1. The molecule has 1 amide bonds. The highest BCUT2D eigenvalue weighted by atomic mass is 16.5. The summed E-state index contributed by atoms with van der Waals surface area (Å²) in [5.41, 5.74) is -0.646. The molecular weight excluding hydrogens is 374 g/mol. The molecule has 0 aliphatic rings. The van der Waals surface area contributed by atoms with E-state index in [1.54, 1.807) is 48.5 Å². The third-order valence-electron chi connectivity index (χ3n) is 4.18. The van der Waals surface area contributed by atoms with Gasteiger partial charge in [0.15, 0.2) is 0 Å². The zero-order valence-corrected chi connectivity index (χ0v) is 16.1. The van der Waals surface area contributed by atoms with E-state index in [1.807, 2.05) is 6.92 Å². The summed E-state index contributed by atoms with van der Waals surface area (Å²) in [6.45, 7) is 1.95. The van der Waals surface area contributed by atoms with Crippen LogP contribution >= 0.6 is 0 Å². The number of hydrogen-bond acceptors (Lipinski definition) is 5. The first-order valence-electron chi connectivity index (χ1n) is 9.02. The average molecular weight is 395 g/mol. The predicted octanol–water partition coefficient (Wildman–Crippen LogP) is 2.05. The van der Waals surface area contributed by atoms with Gasteiger partial charge in [-0.05, 0) is 31.2 Å². The largest absolute Gasteiger partial charge is 0.495 e. The van der Waals surface area contributed by atoms with Crippen LogP contribution < -0.4 is 25.9 Å². The lowest BCUT2D eigenvalue weighted by atomic mass is 10.3. The van der Waals surface area contributed by atoms with E-state index in [9.17, 15) is 14.4 Å². The van der Waals surface area contributed by atoms with Gasteiger partial charge in [0.05, 0.1) is 25.1 Å². The predicted molar refractivity (Wildman–Crippen MR) is 109 cm³/mol. The van der Waals surface area contributed by atoms with Crippen LogP contribution in [0.15, 0.2) is 70.5 Å². The van der Waals surface area contributed by atoms with Crippen LogP contribution in [0.25, 0.3) is 5.69 Å². The zero-order chi connectivity index (χ0) is 20.8. The molecule has 8 heteroatoms. The van der Waals surface area contributed by atoms with Crippen LogP contribution in [0.3, 0.4) is 0 Å². The van der Waals surface area contributed by atoms with Crippen molar-refractivity contribution in [2.45, 2.75) is 13.5 Å². The number of aromatic nitrogens is 2. The SMILES string of the molecule is CCOc1ccccc1-n1ccn(CC(=O)Nc2ccccc2OC)c(=O)c1=O. The van der Waals surface area contributed by atoms with E-state index in [0.717, 1.165) is 4.57 Å². The second-order valence-corrected chi connectivity index (χ2v) is 6.06. The van der Waals surface area contributed by atoms with Gasteiger partial charge in [0, 0.05) is 12.4 Å². The summed E-state index contributed by atoms with van der Waals surface area (Å²) in [6.07, 6.45) is 2.84. The Bertz CT molecular complexity index is 1130. The lowest BCUT2D eigenvalue weighted by Crippen LogP contribution is -2.41. The lowest BCUT2D eigenvalue weighted by Gasteiger charge is -2.13. The molecule has 1 heterocycles. The fraction of sp³-hybridized carbons (Fsp3) is 0.190. The molecule has 150 valence electrons. The molecule has 0 unspecified atom stereocenters. The van der Waals surface area contributed by atoms with E-state index in [4.69, 9.17) is 9.47 Å². The van der Waals surface area contributed by atoms with Crippen LogP contribution in [0.5, 0.6) is 11.5 Å². The van der Waals surface area contributed by atoms with Crippen molar-refractivity contribution in [2.24, 2.45) is 0 Å². The molecule has 0 bridgehead atoms. The van der Waals surface area contributed by atoms with Crippen LogP contribution in [-0.2, 0) is 11.3 Å². The molecule has 0 fully saturated rings. The Morgan fingerprint density at radius 1 is 0.966 bits per heavy atom. The molecule has 3 aromatic rings. The minimum absolute atomic E-state index is 0.305. The van der Waals surface area contributed by atoms with Gasteiger partial charge in [-0.25, -0.2) is 0 Å². The van der Waals surface area contributed by atoms with Crippen molar-refractivity contribution >= 4 is 11.6 Å². The Labute approximate surface area is 166 Å². The van der Waals surface area contributed by atoms with E-state index < -0.39 is 17.0 Å². The molecule has 3 rings (SSSR count). The van der Waals surface area contributed by atoms with Gasteiger partial charge in [-0.1, -0.05) is 24.3 Å². The average Bonchev–Trinajstić information content (AvgIpc) is 2.73. The van der Waals surface area contributed by atoms with Gasteiger partial charge >= 0.3 is 11.1 Å². The third kappa shape index (κ3) is 4.37. The van der Waals surface area contributed by atoms with Gasteiger partial charge in [0.2, 0.25) is 5.91 Å². The van der Waals surface area contributed by atoms with Crippen molar-refractivity contribution in [3.63, 3.8) is 0 Å². The Morgan fingerprint density at radius 3 is 2.38 bits per heavy atom. The highest BCUT2D eigenvalue weighted by molar-refractivity contribution is 5.92. The van der Waals surface area contributed by atoms with Gasteiger partial charge in [-0.3, -0.25) is 23.5 Å². The van der Waals surface area contributed by atoms with Crippen LogP contribution in [0.1, 0.15) is 6.92 Å². The Morgan fingerprint density at radius 2 is 1.66 bits per heavy atom. The number of methoxy groups -OCH3 is 1. The Balaban J connectivity index is 1.86. The molecule has 0 spiro atoms. The lowest BCUT2D eigenvalue weighted by molar-refractivity contribution is -0.116. The van der Waals surface area contributed by atoms with Crippen molar-refractivity contribution in [3.05, 3.63) is 81.6 Å². The topological polar surface area (TPSA) is 91.6 Å². The number of nitrogens with zero attached hydrogens (tertiary/aromatic N) is 2. The molecule has 0 atom stereocenters. The molecule has 29 heavy (non-hydrogen) atoms. The summed E-state index contributed by atoms with van der Waals surface area (Å²) >= 11 is 0. The second-order valence-electron chi connectivity index (χ2n) is 6.06. The van der Waals surface area contributed by atoms with Crippen molar-refractivity contribution in [1.82, 2.24) is 9.13 Å². The van der Waals surface area contributed by atoms with E-state index in [1.165, 1.54) is 24.1 Å². The molecule has 0 saturated carbocycles. The number of amides is 1. The van der Waals surface area contributed by atoms with Crippen LogP contribution in [-0.4, -0.2) is 28.8 Å². The minimum Gasteiger partial charge on any atom is -0.495 e. The summed E-state index contributed by atoms with van der Waals surface area (Å²) in [4.78, 5) is 37.5. The molecular formula is C21H21N3O5. The molecule has 2 aromatic carbocycles. The fourth-order valence-electron chi connectivity index (χ4n) is 2.85. The number of nitrogens with one attached hydrogen (secondary N) is 1. The third-order valence-corrected chi connectivity index (χ3v) is 4.18. The van der Waals surface area contributed by atoms with Crippen molar-refractivity contribution in [3.8, 4) is 17.2 Å². The summed E-state index contributed by atoms with van der Waals surface area (Å²) < 4.78 is 13.0. The number of hydrogen-bond donors (Lipinski definition) is 1. The summed E-state index contributed by atoms with van der Waals surface area (Å²) in [7, 11) is 1.50. The smallest absolute Gasteiger partial charge is 0.321 e. The van der Waals surface area contributed by atoms with Crippen LogP contribution in [0, 0.1) is 0 Å². The van der Waals surface area contributed by atoms with Crippen LogP contribution in [0.4, 0.5) is 5.69 Å². The van der Waals surface area contributed by atoms with Gasteiger partial charge < -0.3 is 14.8 Å². The number of carbonyl (C=O) groups excluding carboxylic acids is 1. The quantitative estimate of drug-likeness (QED) is 0.618. The van der Waals surface area contributed by atoms with E-state index in [0.29, 0.717) is 29.5 Å². The molecule has 0 radical (unpaired) electrons. The molecule has 0 aliphatic heterocycles. The van der Waals surface area contributed by atoms with E-state index in [2.05, 4.69) is 5.32 Å².